The maximum atomic E-state index is 12.6. The van der Waals surface area contributed by atoms with Crippen molar-refractivity contribution < 1.29 is 19.5 Å². The number of carboxylic acid groups (broad SMARTS) is 1. The normalized spacial score (nSPS) is 11.6. The Morgan fingerprint density at radius 2 is 1.91 bits per heavy atom. The fourth-order valence-corrected chi connectivity index (χ4v) is 4.55. The van der Waals surface area contributed by atoms with Crippen LogP contribution in [-0.4, -0.2) is 33.1 Å². The lowest BCUT2D eigenvalue weighted by Gasteiger charge is -2.12. The van der Waals surface area contributed by atoms with E-state index in [-0.39, 0.29) is 24.7 Å². The number of benzene rings is 2. The molecule has 0 saturated heterocycles. The SMILES string of the molecule is CC(Sc1cccc(NC(=O)CCC(=O)O)c1)C(=O)Nc1nc(-c2ccccc2Cl)cs1. The van der Waals surface area contributed by atoms with Gasteiger partial charge in [0, 0.05) is 33.0 Å². The summed E-state index contributed by atoms with van der Waals surface area (Å²) in [6.07, 6.45) is -0.331. The number of carbonyl (C=O) groups excluding carboxylic acids is 2. The third-order valence-corrected chi connectivity index (χ3v) is 6.43. The van der Waals surface area contributed by atoms with Crippen LogP contribution in [0.3, 0.4) is 0 Å². The number of nitrogens with one attached hydrogen (secondary N) is 2. The minimum absolute atomic E-state index is 0.102. The van der Waals surface area contributed by atoms with Crippen LogP contribution in [-0.2, 0) is 14.4 Å². The summed E-state index contributed by atoms with van der Waals surface area (Å²) < 4.78 is 0. The van der Waals surface area contributed by atoms with E-state index in [4.69, 9.17) is 16.7 Å². The summed E-state index contributed by atoms with van der Waals surface area (Å²) >= 11 is 8.87. The lowest BCUT2D eigenvalue weighted by atomic mass is 10.2. The van der Waals surface area contributed by atoms with Crippen LogP contribution in [0.15, 0.2) is 58.8 Å². The molecule has 0 bridgehead atoms. The zero-order chi connectivity index (χ0) is 23.1. The van der Waals surface area contributed by atoms with E-state index in [0.29, 0.717) is 21.5 Å². The van der Waals surface area contributed by atoms with Crippen molar-refractivity contribution in [2.24, 2.45) is 0 Å². The molecule has 1 aromatic heterocycles. The number of anilines is 2. The summed E-state index contributed by atoms with van der Waals surface area (Å²) in [5.41, 5.74) is 2.04. The fraction of sp³-hybridized carbons (Fsp3) is 0.182. The average Bonchev–Trinajstić information content (AvgIpc) is 3.21. The molecule has 3 rings (SSSR count). The molecule has 1 heterocycles. The van der Waals surface area contributed by atoms with Crippen molar-refractivity contribution in [2.45, 2.75) is 29.9 Å². The van der Waals surface area contributed by atoms with Gasteiger partial charge in [-0.3, -0.25) is 14.4 Å². The number of thiazole rings is 1. The molecular formula is C22H20ClN3O4S2. The van der Waals surface area contributed by atoms with Crippen LogP contribution in [0.4, 0.5) is 10.8 Å². The minimum Gasteiger partial charge on any atom is -0.481 e. The molecule has 3 aromatic rings. The van der Waals surface area contributed by atoms with Gasteiger partial charge in [-0.2, -0.15) is 0 Å². The molecule has 1 unspecified atom stereocenters. The Bertz CT molecular complexity index is 1140. The van der Waals surface area contributed by atoms with Gasteiger partial charge in [-0.15, -0.1) is 23.1 Å². The van der Waals surface area contributed by atoms with E-state index in [1.165, 1.54) is 23.1 Å². The van der Waals surface area contributed by atoms with E-state index < -0.39 is 11.2 Å². The molecule has 3 N–H and O–H groups in total. The van der Waals surface area contributed by atoms with Crippen LogP contribution in [0.25, 0.3) is 11.3 Å². The van der Waals surface area contributed by atoms with Crippen molar-refractivity contribution in [2.75, 3.05) is 10.6 Å². The number of nitrogens with zero attached hydrogens (tertiary/aromatic N) is 1. The molecule has 7 nitrogen and oxygen atoms in total. The molecule has 0 aliphatic heterocycles. The van der Waals surface area contributed by atoms with Gasteiger partial charge >= 0.3 is 5.97 Å². The van der Waals surface area contributed by atoms with Crippen molar-refractivity contribution in [1.29, 1.82) is 0 Å². The molecule has 0 saturated carbocycles. The van der Waals surface area contributed by atoms with Crippen molar-refractivity contribution in [1.82, 2.24) is 4.98 Å². The molecule has 0 spiro atoms. The molecular weight excluding hydrogens is 470 g/mol. The monoisotopic (exact) mass is 489 g/mol. The first-order valence-electron chi connectivity index (χ1n) is 9.61. The van der Waals surface area contributed by atoms with Gasteiger partial charge < -0.3 is 15.7 Å². The van der Waals surface area contributed by atoms with Crippen molar-refractivity contribution in [3.8, 4) is 11.3 Å². The number of carboxylic acids is 1. The van der Waals surface area contributed by atoms with E-state index in [1.54, 1.807) is 31.2 Å². The van der Waals surface area contributed by atoms with Crippen LogP contribution < -0.4 is 10.6 Å². The Kier molecular flexibility index (Phi) is 8.26. The standard InChI is InChI=1S/C22H20ClN3O4S2/c1-13(32-15-6-4-5-14(11-15)24-19(27)9-10-20(28)29)21(30)26-22-25-18(12-31-22)16-7-2-3-8-17(16)23/h2-8,11-13H,9-10H2,1H3,(H,24,27)(H,28,29)(H,25,26,30). The van der Waals surface area contributed by atoms with E-state index >= 15 is 0 Å². The Balaban J connectivity index is 1.57. The number of thioether (sulfide) groups is 1. The predicted molar refractivity (Wildman–Crippen MR) is 128 cm³/mol. The summed E-state index contributed by atoms with van der Waals surface area (Å²) in [6.45, 7) is 1.78. The second-order valence-electron chi connectivity index (χ2n) is 6.74. The van der Waals surface area contributed by atoms with Crippen LogP contribution in [0.1, 0.15) is 19.8 Å². The largest absolute Gasteiger partial charge is 0.481 e. The van der Waals surface area contributed by atoms with Crippen LogP contribution in [0, 0.1) is 0 Å². The number of carbonyl (C=O) groups is 3. The van der Waals surface area contributed by atoms with Gasteiger partial charge in [-0.1, -0.05) is 35.9 Å². The quantitative estimate of drug-likeness (QED) is 0.348. The van der Waals surface area contributed by atoms with Gasteiger partial charge in [0.1, 0.15) is 0 Å². The van der Waals surface area contributed by atoms with E-state index in [2.05, 4.69) is 15.6 Å². The van der Waals surface area contributed by atoms with E-state index in [1.807, 2.05) is 29.6 Å². The Morgan fingerprint density at radius 1 is 1.12 bits per heavy atom. The molecule has 2 aromatic carbocycles. The third-order valence-electron chi connectivity index (χ3n) is 4.25. The van der Waals surface area contributed by atoms with E-state index in [0.717, 1.165) is 10.5 Å². The van der Waals surface area contributed by atoms with Crippen LogP contribution >= 0.6 is 34.7 Å². The topological polar surface area (TPSA) is 108 Å². The summed E-state index contributed by atoms with van der Waals surface area (Å²) in [4.78, 5) is 40.3. The zero-order valence-corrected chi connectivity index (χ0v) is 19.4. The number of halogens is 1. The maximum absolute atomic E-state index is 12.6. The highest BCUT2D eigenvalue weighted by Crippen LogP contribution is 2.31. The van der Waals surface area contributed by atoms with Gasteiger partial charge in [0.25, 0.3) is 0 Å². The summed E-state index contributed by atoms with van der Waals surface area (Å²) in [6, 6.07) is 14.4. The first kappa shape index (κ1) is 23.8. The maximum Gasteiger partial charge on any atom is 0.303 e. The Morgan fingerprint density at radius 3 is 2.66 bits per heavy atom. The van der Waals surface area contributed by atoms with Gasteiger partial charge in [0.15, 0.2) is 5.13 Å². The number of rotatable bonds is 9. The summed E-state index contributed by atoms with van der Waals surface area (Å²) in [5, 5.41) is 16.7. The highest BCUT2D eigenvalue weighted by molar-refractivity contribution is 8.00. The van der Waals surface area contributed by atoms with E-state index in [9.17, 15) is 14.4 Å². The second-order valence-corrected chi connectivity index (χ2v) is 9.42. The second kappa shape index (κ2) is 11.1. The number of hydrogen-bond donors (Lipinski definition) is 3. The molecule has 32 heavy (non-hydrogen) atoms. The zero-order valence-electron chi connectivity index (χ0n) is 17.0. The number of hydrogen-bond acceptors (Lipinski definition) is 6. The summed E-state index contributed by atoms with van der Waals surface area (Å²) in [7, 11) is 0. The minimum atomic E-state index is -1.02. The van der Waals surface area contributed by atoms with Crippen molar-refractivity contribution in [3.05, 3.63) is 58.9 Å². The molecule has 0 aliphatic rings. The first-order chi connectivity index (χ1) is 15.3. The lowest BCUT2D eigenvalue weighted by Crippen LogP contribution is -2.22. The van der Waals surface area contributed by atoms with Crippen LogP contribution in [0.2, 0.25) is 5.02 Å². The highest BCUT2D eigenvalue weighted by atomic mass is 35.5. The Hall–Kier alpha value is -2.88. The lowest BCUT2D eigenvalue weighted by molar-refractivity contribution is -0.138. The van der Waals surface area contributed by atoms with Gasteiger partial charge in [-0.05, 0) is 31.2 Å². The third kappa shape index (κ3) is 6.81. The molecule has 0 fully saturated rings. The summed E-state index contributed by atoms with van der Waals surface area (Å²) in [5.74, 6) is -1.60. The molecule has 0 aliphatic carbocycles. The predicted octanol–water partition coefficient (Wildman–Crippen LogP) is 5.39. The average molecular weight is 490 g/mol. The smallest absolute Gasteiger partial charge is 0.303 e. The highest BCUT2D eigenvalue weighted by Gasteiger charge is 2.17. The van der Waals surface area contributed by atoms with Gasteiger partial charge in [0.2, 0.25) is 11.8 Å². The molecule has 2 amide bonds. The number of amides is 2. The molecule has 10 heteroatoms. The first-order valence-corrected chi connectivity index (χ1v) is 11.7. The molecule has 0 radical (unpaired) electrons. The Labute approximate surface area is 198 Å². The molecule has 166 valence electrons. The van der Waals surface area contributed by atoms with Crippen molar-refractivity contribution >= 4 is 63.3 Å². The van der Waals surface area contributed by atoms with Gasteiger partial charge in [-0.25, -0.2) is 4.98 Å². The van der Waals surface area contributed by atoms with Crippen LogP contribution in [0.5, 0.6) is 0 Å². The molecule has 1 atom stereocenters. The van der Waals surface area contributed by atoms with Gasteiger partial charge in [0.05, 0.1) is 17.4 Å². The van der Waals surface area contributed by atoms with Crippen molar-refractivity contribution in [3.63, 3.8) is 0 Å². The fourth-order valence-electron chi connectivity index (χ4n) is 2.68. The number of aromatic nitrogens is 1. The number of aliphatic carboxylic acids is 1.